The van der Waals surface area contributed by atoms with Crippen LogP contribution in [0.2, 0.25) is 0 Å². The van der Waals surface area contributed by atoms with Gasteiger partial charge >= 0.3 is 0 Å². The van der Waals surface area contributed by atoms with Crippen molar-refractivity contribution < 1.29 is 34.3 Å². The summed E-state index contributed by atoms with van der Waals surface area (Å²) in [5, 5.41) is 27.3. The van der Waals surface area contributed by atoms with Crippen LogP contribution in [0, 0.1) is 0 Å². The first-order chi connectivity index (χ1) is 30.7. The molecule has 3 aromatic carbocycles. The van der Waals surface area contributed by atoms with Crippen molar-refractivity contribution >= 4 is 0 Å². The second kappa shape index (κ2) is 32.2. The minimum Gasteiger partial charge on any atom is -0.391 e. The van der Waals surface area contributed by atoms with E-state index in [-0.39, 0.29) is 22.8 Å². The van der Waals surface area contributed by atoms with Gasteiger partial charge in [-0.1, -0.05) is 136 Å². The third-order valence-electron chi connectivity index (χ3n) is 12.6. The van der Waals surface area contributed by atoms with Crippen LogP contribution < -0.4 is 0 Å². The topological polar surface area (TPSA) is 104 Å². The van der Waals surface area contributed by atoms with Crippen molar-refractivity contribution in [1.82, 2.24) is 9.80 Å². The summed E-state index contributed by atoms with van der Waals surface area (Å²) in [4.78, 5) is 4.73. The van der Waals surface area contributed by atoms with Crippen molar-refractivity contribution in [2.45, 2.75) is 193 Å². The number of aliphatic hydroxyl groups is 3. The van der Waals surface area contributed by atoms with Gasteiger partial charge in [-0.2, -0.15) is 0 Å². The van der Waals surface area contributed by atoms with Crippen LogP contribution in [-0.2, 0) is 30.3 Å². The van der Waals surface area contributed by atoms with Gasteiger partial charge in [-0.05, 0) is 133 Å². The summed E-state index contributed by atoms with van der Waals surface area (Å²) in [6.45, 7) is 28.3. The van der Waals surface area contributed by atoms with Gasteiger partial charge in [0.1, 0.15) is 0 Å². The highest BCUT2D eigenvalue weighted by molar-refractivity contribution is 5.23. The molecule has 1 saturated heterocycles. The van der Waals surface area contributed by atoms with Gasteiger partial charge in [0, 0.05) is 51.1 Å². The van der Waals surface area contributed by atoms with Crippen LogP contribution in [0.4, 0.5) is 0 Å². The third kappa shape index (κ3) is 28.6. The Hall–Kier alpha value is -2.70. The lowest BCUT2D eigenvalue weighted by Gasteiger charge is -2.38. The molecule has 0 aromatic heterocycles. The van der Waals surface area contributed by atoms with Crippen LogP contribution in [0.5, 0.6) is 0 Å². The first-order valence-corrected chi connectivity index (χ1v) is 24.7. The quantitative estimate of drug-likeness (QED) is 0.191. The fourth-order valence-electron chi connectivity index (χ4n) is 7.36. The van der Waals surface area contributed by atoms with E-state index in [1.807, 2.05) is 76.2 Å². The Balaban J connectivity index is 0.000000758. The molecule has 3 fully saturated rings. The average Bonchev–Trinajstić information content (AvgIpc) is 3.29. The van der Waals surface area contributed by atoms with Crippen molar-refractivity contribution in [3.05, 3.63) is 108 Å². The molecule has 2 unspecified atom stereocenters. The van der Waals surface area contributed by atoms with E-state index in [0.717, 1.165) is 64.0 Å². The van der Waals surface area contributed by atoms with E-state index in [1.165, 1.54) is 49.7 Å². The molecule has 3 aliphatic rings. The SMILES string of the molecule is CC(C)(C)N1CCOCC1.CC(C)(C)O.CC1(O)CCCCC1.CC1(O)CCCCC1.CCC(C)(c1ccccc1)N(C)C.COC(C)(OC)c1ccccc1.COC(C)c1ccccc1. The smallest absolute Gasteiger partial charge is 0.191 e. The molecular formula is C57H100N2O7. The van der Waals surface area contributed by atoms with Crippen LogP contribution in [0.15, 0.2) is 91.0 Å². The van der Waals surface area contributed by atoms with Crippen molar-refractivity contribution in [2.24, 2.45) is 0 Å². The zero-order chi connectivity index (χ0) is 50.5. The Bertz CT molecular complexity index is 1540. The predicted octanol–water partition coefficient (Wildman–Crippen LogP) is 12.7. The van der Waals surface area contributed by atoms with Crippen molar-refractivity contribution in [3.63, 3.8) is 0 Å². The van der Waals surface area contributed by atoms with Crippen LogP contribution in [0.1, 0.15) is 177 Å². The molecule has 0 spiro atoms. The average molecular weight is 925 g/mol. The lowest BCUT2D eigenvalue weighted by molar-refractivity contribution is -0.201. The second-order valence-corrected chi connectivity index (χ2v) is 21.0. The van der Waals surface area contributed by atoms with E-state index in [1.54, 1.807) is 42.1 Å². The molecule has 3 aromatic rings. The fraction of sp³-hybridized carbons (Fsp3) is 0.684. The maximum Gasteiger partial charge on any atom is 0.191 e. The van der Waals surface area contributed by atoms with Gasteiger partial charge in [0.2, 0.25) is 0 Å². The van der Waals surface area contributed by atoms with Gasteiger partial charge in [0.05, 0.1) is 36.1 Å². The molecule has 6 rings (SSSR count). The Kier molecular flexibility index (Phi) is 30.9. The Morgan fingerprint density at radius 3 is 1.23 bits per heavy atom. The maximum absolute atomic E-state index is 9.37. The normalized spacial score (nSPS) is 18.3. The first kappa shape index (κ1) is 63.3. The van der Waals surface area contributed by atoms with E-state index < -0.39 is 11.4 Å². The zero-order valence-electron chi connectivity index (χ0n) is 45.2. The van der Waals surface area contributed by atoms with Crippen molar-refractivity contribution in [1.29, 1.82) is 0 Å². The lowest BCUT2D eigenvalue weighted by atomic mass is 9.87. The van der Waals surface area contributed by atoms with Crippen molar-refractivity contribution in [2.75, 3.05) is 61.7 Å². The van der Waals surface area contributed by atoms with E-state index in [9.17, 15) is 10.2 Å². The molecule has 2 saturated carbocycles. The maximum atomic E-state index is 9.37. The summed E-state index contributed by atoms with van der Waals surface area (Å²) in [5.74, 6) is -0.624. The predicted molar refractivity (Wildman–Crippen MR) is 279 cm³/mol. The number of nitrogens with zero attached hydrogens (tertiary/aromatic N) is 2. The highest BCUT2D eigenvalue weighted by Gasteiger charge is 2.27. The van der Waals surface area contributed by atoms with Gasteiger partial charge < -0.3 is 34.3 Å². The largest absolute Gasteiger partial charge is 0.391 e. The van der Waals surface area contributed by atoms with Gasteiger partial charge in [-0.15, -0.1) is 0 Å². The first-order valence-electron chi connectivity index (χ1n) is 24.7. The molecule has 1 heterocycles. The summed E-state index contributed by atoms with van der Waals surface area (Å²) in [5.41, 5.74) is 2.99. The zero-order valence-corrected chi connectivity index (χ0v) is 45.2. The molecule has 0 radical (unpaired) electrons. The van der Waals surface area contributed by atoms with E-state index in [0.29, 0.717) is 5.54 Å². The molecule has 2 aliphatic carbocycles. The van der Waals surface area contributed by atoms with Crippen molar-refractivity contribution in [3.8, 4) is 0 Å². The minimum absolute atomic E-state index is 0.168. The monoisotopic (exact) mass is 925 g/mol. The molecule has 0 amide bonds. The lowest BCUT2D eigenvalue weighted by Crippen LogP contribution is -2.47. The number of methoxy groups -OCH3 is 3. The molecule has 66 heavy (non-hydrogen) atoms. The molecular weight excluding hydrogens is 825 g/mol. The third-order valence-corrected chi connectivity index (χ3v) is 12.6. The molecule has 3 N–H and O–H groups in total. The van der Waals surface area contributed by atoms with Gasteiger partial charge in [-0.3, -0.25) is 9.80 Å². The van der Waals surface area contributed by atoms with Crippen LogP contribution in [0.3, 0.4) is 0 Å². The summed E-state index contributed by atoms with van der Waals surface area (Å²) < 4.78 is 20.9. The standard InChI is InChI=1S/C12H19N.C10H14O2.C9H12O.C8H17NO.2C7H14O.C4H10O/c1-5-12(2,13(3)4)11-9-7-6-8-10-11;1-10(11-2,12-3)9-7-5-4-6-8-9;1-8(10-2)9-6-4-3-5-7-9;1-8(2,3)9-4-6-10-7-5-9;2*1-7(8)5-3-2-4-6-7;1-4(2,3)5/h6-10H,5H2,1-4H3;4-8H,1-3H3;3-8H,1-2H3;4-7H2,1-3H3;2*8H,2-6H2,1H3;5H,1-3H3. The molecule has 0 bridgehead atoms. The Labute approximate surface area is 405 Å². The number of benzene rings is 3. The number of hydrogen-bond donors (Lipinski definition) is 3. The molecule has 1 aliphatic heterocycles. The Morgan fingerprint density at radius 1 is 0.621 bits per heavy atom. The van der Waals surface area contributed by atoms with Crippen LogP contribution in [0.25, 0.3) is 0 Å². The summed E-state index contributed by atoms with van der Waals surface area (Å²) >= 11 is 0. The number of morpholine rings is 1. The fourth-order valence-corrected chi connectivity index (χ4v) is 7.36. The Morgan fingerprint density at radius 2 is 0.970 bits per heavy atom. The second-order valence-electron chi connectivity index (χ2n) is 21.0. The molecule has 9 heteroatoms. The molecule has 9 nitrogen and oxygen atoms in total. The van der Waals surface area contributed by atoms with Gasteiger partial charge in [-0.25, -0.2) is 0 Å². The van der Waals surface area contributed by atoms with E-state index >= 15 is 0 Å². The number of ether oxygens (including phenoxy) is 4. The molecule has 2 atom stereocenters. The van der Waals surface area contributed by atoms with Gasteiger partial charge in [0.15, 0.2) is 5.79 Å². The summed E-state index contributed by atoms with van der Waals surface area (Å²) in [6, 6.07) is 30.7. The minimum atomic E-state index is -0.624. The number of hydrogen-bond acceptors (Lipinski definition) is 9. The van der Waals surface area contributed by atoms with E-state index in [2.05, 4.69) is 101 Å². The van der Waals surface area contributed by atoms with Gasteiger partial charge in [0.25, 0.3) is 0 Å². The highest BCUT2D eigenvalue weighted by Crippen LogP contribution is 2.30. The van der Waals surface area contributed by atoms with Crippen LogP contribution >= 0.6 is 0 Å². The number of rotatable bonds is 8. The van der Waals surface area contributed by atoms with Crippen LogP contribution in [-0.4, -0.2) is 109 Å². The van der Waals surface area contributed by atoms with E-state index in [4.69, 9.17) is 24.1 Å². The molecule has 380 valence electrons. The summed E-state index contributed by atoms with van der Waals surface area (Å²) in [7, 11) is 9.26. The highest BCUT2D eigenvalue weighted by atomic mass is 16.7. The summed E-state index contributed by atoms with van der Waals surface area (Å²) in [6.07, 6.45) is 12.9.